The Hall–Kier alpha value is -3.40. The van der Waals surface area contributed by atoms with E-state index in [2.05, 4.69) is 15.2 Å². The number of carbonyl (C=O) groups excluding carboxylic acids is 2. The van der Waals surface area contributed by atoms with E-state index in [9.17, 15) is 9.59 Å². The molecule has 1 aromatic carbocycles. The molecule has 0 bridgehead atoms. The van der Waals surface area contributed by atoms with E-state index in [4.69, 9.17) is 5.26 Å². The lowest BCUT2D eigenvalue weighted by Crippen LogP contribution is -2.56. The van der Waals surface area contributed by atoms with E-state index in [-0.39, 0.29) is 17.7 Å². The SMILES string of the molecule is CC(C)[C@@H](NC(=O)c1cccc(C#N)c1)C(=O)N1CCN(c2ccccn2)CC1. The fraction of sp³-hybridized carbons (Fsp3) is 0.364. The van der Waals surface area contributed by atoms with Crippen LogP contribution in [-0.2, 0) is 4.79 Å². The Bertz CT molecular complexity index is 899. The molecule has 1 aromatic heterocycles. The van der Waals surface area contributed by atoms with E-state index in [1.54, 1.807) is 29.3 Å². The maximum Gasteiger partial charge on any atom is 0.251 e. The molecular weight excluding hydrogens is 366 g/mol. The third kappa shape index (κ3) is 4.91. The van der Waals surface area contributed by atoms with Crippen LogP contribution in [-0.4, -0.2) is 53.9 Å². The number of nitrogens with zero attached hydrogens (tertiary/aromatic N) is 4. The van der Waals surface area contributed by atoms with Gasteiger partial charge in [-0.1, -0.05) is 26.0 Å². The maximum absolute atomic E-state index is 13.1. The molecule has 1 saturated heterocycles. The lowest BCUT2D eigenvalue weighted by molar-refractivity contribution is -0.134. The molecule has 2 heterocycles. The molecule has 2 aromatic rings. The molecule has 1 atom stereocenters. The molecule has 1 aliphatic heterocycles. The van der Waals surface area contributed by atoms with Gasteiger partial charge in [0.25, 0.3) is 5.91 Å². The Labute approximate surface area is 171 Å². The molecule has 1 aliphatic rings. The molecule has 0 unspecified atom stereocenters. The second-order valence-corrected chi connectivity index (χ2v) is 7.39. The first kappa shape index (κ1) is 20.3. The molecule has 29 heavy (non-hydrogen) atoms. The van der Waals surface area contributed by atoms with Crippen molar-refractivity contribution in [3.63, 3.8) is 0 Å². The Morgan fingerprint density at radius 2 is 1.86 bits per heavy atom. The van der Waals surface area contributed by atoms with Gasteiger partial charge in [-0.3, -0.25) is 9.59 Å². The third-order valence-electron chi connectivity index (χ3n) is 5.04. The number of hydrogen-bond donors (Lipinski definition) is 1. The van der Waals surface area contributed by atoms with Crippen LogP contribution in [0.15, 0.2) is 48.7 Å². The normalized spacial score (nSPS) is 15.0. The predicted octanol–water partition coefficient (Wildman–Crippen LogP) is 2.06. The predicted molar refractivity (Wildman–Crippen MR) is 110 cm³/mol. The van der Waals surface area contributed by atoms with Crippen molar-refractivity contribution in [3.8, 4) is 6.07 Å². The molecule has 150 valence electrons. The molecule has 2 amide bonds. The van der Waals surface area contributed by atoms with E-state index >= 15 is 0 Å². The summed E-state index contributed by atoms with van der Waals surface area (Å²) in [7, 11) is 0. The van der Waals surface area contributed by atoms with Gasteiger partial charge in [0.15, 0.2) is 0 Å². The second-order valence-electron chi connectivity index (χ2n) is 7.39. The first-order valence-corrected chi connectivity index (χ1v) is 9.75. The van der Waals surface area contributed by atoms with E-state index < -0.39 is 6.04 Å². The molecular formula is C22H25N5O2. The number of carbonyl (C=O) groups is 2. The lowest BCUT2D eigenvalue weighted by atomic mass is 10.0. The fourth-order valence-corrected chi connectivity index (χ4v) is 3.36. The van der Waals surface area contributed by atoms with Crippen LogP contribution in [0.3, 0.4) is 0 Å². The van der Waals surface area contributed by atoms with Crippen LogP contribution >= 0.6 is 0 Å². The van der Waals surface area contributed by atoms with Gasteiger partial charge in [-0.15, -0.1) is 0 Å². The number of aromatic nitrogens is 1. The fourth-order valence-electron chi connectivity index (χ4n) is 3.36. The van der Waals surface area contributed by atoms with E-state index in [1.807, 2.05) is 38.1 Å². The van der Waals surface area contributed by atoms with Crippen molar-refractivity contribution in [1.29, 1.82) is 5.26 Å². The molecule has 1 N–H and O–H groups in total. The van der Waals surface area contributed by atoms with Crippen LogP contribution in [0.4, 0.5) is 5.82 Å². The number of rotatable bonds is 5. The van der Waals surface area contributed by atoms with Crippen LogP contribution in [0.1, 0.15) is 29.8 Å². The molecule has 0 radical (unpaired) electrons. The van der Waals surface area contributed by atoms with Crippen LogP contribution in [0.25, 0.3) is 0 Å². The van der Waals surface area contributed by atoms with Crippen molar-refractivity contribution in [1.82, 2.24) is 15.2 Å². The van der Waals surface area contributed by atoms with Crippen molar-refractivity contribution in [2.45, 2.75) is 19.9 Å². The summed E-state index contributed by atoms with van der Waals surface area (Å²) in [6.07, 6.45) is 1.76. The second kappa shape index (κ2) is 9.20. The van der Waals surface area contributed by atoms with Crippen molar-refractivity contribution in [3.05, 3.63) is 59.8 Å². The van der Waals surface area contributed by atoms with Crippen molar-refractivity contribution in [2.24, 2.45) is 5.92 Å². The Morgan fingerprint density at radius 1 is 1.10 bits per heavy atom. The number of amides is 2. The lowest BCUT2D eigenvalue weighted by Gasteiger charge is -2.37. The Kier molecular flexibility index (Phi) is 6.45. The number of benzene rings is 1. The van der Waals surface area contributed by atoms with E-state index in [0.29, 0.717) is 37.3 Å². The standard InChI is InChI=1S/C22H25N5O2/c1-16(2)20(25-21(28)18-7-5-6-17(14-18)15-23)22(29)27-12-10-26(11-13-27)19-8-3-4-9-24-19/h3-9,14,16,20H,10-13H2,1-2H3,(H,25,28)/t20-/m1/s1. The maximum atomic E-state index is 13.1. The van der Waals surface area contributed by atoms with Gasteiger partial charge in [-0.2, -0.15) is 5.26 Å². The van der Waals surface area contributed by atoms with Gasteiger partial charge in [0, 0.05) is 37.9 Å². The minimum Gasteiger partial charge on any atom is -0.353 e. The van der Waals surface area contributed by atoms with Crippen LogP contribution in [0, 0.1) is 17.2 Å². The summed E-state index contributed by atoms with van der Waals surface area (Å²) < 4.78 is 0. The highest BCUT2D eigenvalue weighted by molar-refractivity contribution is 5.97. The van der Waals surface area contributed by atoms with Crippen LogP contribution in [0.2, 0.25) is 0 Å². The summed E-state index contributed by atoms with van der Waals surface area (Å²) in [5.74, 6) is 0.428. The van der Waals surface area contributed by atoms with Gasteiger partial charge in [0.1, 0.15) is 11.9 Å². The Morgan fingerprint density at radius 3 is 2.48 bits per heavy atom. The first-order chi connectivity index (χ1) is 14.0. The molecule has 0 saturated carbocycles. The van der Waals surface area contributed by atoms with E-state index in [0.717, 1.165) is 5.82 Å². The molecule has 1 fully saturated rings. The average molecular weight is 391 g/mol. The van der Waals surface area contributed by atoms with Gasteiger partial charge in [-0.25, -0.2) is 4.98 Å². The van der Waals surface area contributed by atoms with Crippen LogP contribution in [0.5, 0.6) is 0 Å². The highest BCUT2D eigenvalue weighted by Crippen LogP contribution is 2.15. The number of anilines is 1. The summed E-state index contributed by atoms with van der Waals surface area (Å²) >= 11 is 0. The van der Waals surface area contributed by atoms with Crippen molar-refractivity contribution < 1.29 is 9.59 Å². The highest BCUT2D eigenvalue weighted by Gasteiger charge is 2.31. The van der Waals surface area contributed by atoms with Gasteiger partial charge in [0.05, 0.1) is 11.6 Å². The monoisotopic (exact) mass is 391 g/mol. The number of piperazine rings is 1. The molecule has 0 spiro atoms. The summed E-state index contributed by atoms with van der Waals surface area (Å²) in [6.45, 7) is 6.39. The summed E-state index contributed by atoms with van der Waals surface area (Å²) in [5.41, 5.74) is 0.790. The summed E-state index contributed by atoms with van der Waals surface area (Å²) in [4.78, 5) is 34.1. The molecule has 3 rings (SSSR count). The number of nitrogens with one attached hydrogen (secondary N) is 1. The zero-order valence-electron chi connectivity index (χ0n) is 16.7. The number of pyridine rings is 1. The summed E-state index contributed by atoms with van der Waals surface area (Å²) in [6, 6.07) is 13.7. The third-order valence-corrected chi connectivity index (χ3v) is 5.04. The van der Waals surface area contributed by atoms with Gasteiger partial charge in [-0.05, 0) is 36.2 Å². The van der Waals surface area contributed by atoms with Gasteiger partial charge >= 0.3 is 0 Å². The van der Waals surface area contributed by atoms with Gasteiger partial charge in [0.2, 0.25) is 5.91 Å². The minimum absolute atomic E-state index is 0.0561. The average Bonchev–Trinajstić information content (AvgIpc) is 2.77. The zero-order chi connectivity index (χ0) is 20.8. The van der Waals surface area contributed by atoms with Crippen molar-refractivity contribution in [2.75, 3.05) is 31.1 Å². The largest absolute Gasteiger partial charge is 0.353 e. The quantitative estimate of drug-likeness (QED) is 0.843. The van der Waals surface area contributed by atoms with Crippen LogP contribution < -0.4 is 10.2 Å². The highest BCUT2D eigenvalue weighted by atomic mass is 16.2. The molecule has 7 nitrogen and oxygen atoms in total. The van der Waals surface area contributed by atoms with E-state index in [1.165, 1.54) is 6.07 Å². The number of hydrogen-bond acceptors (Lipinski definition) is 5. The first-order valence-electron chi connectivity index (χ1n) is 9.75. The zero-order valence-corrected chi connectivity index (χ0v) is 16.7. The van der Waals surface area contributed by atoms with Gasteiger partial charge < -0.3 is 15.1 Å². The molecule has 0 aliphatic carbocycles. The number of nitriles is 1. The Balaban J connectivity index is 1.64. The van der Waals surface area contributed by atoms with Crippen molar-refractivity contribution >= 4 is 17.6 Å². The topological polar surface area (TPSA) is 89.3 Å². The minimum atomic E-state index is -0.616. The summed E-state index contributed by atoms with van der Waals surface area (Å²) in [5, 5.41) is 11.9. The molecule has 7 heteroatoms. The smallest absolute Gasteiger partial charge is 0.251 e.